The number of cyclic esters (lactones) is 1. The van der Waals surface area contributed by atoms with E-state index in [4.69, 9.17) is 9.47 Å². The average molecular weight is 461 g/mol. The molecule has 0 bridgehead atoms. The number of benzene rings is 3. The van der Waals surface area contributed by atoms with Crippen molar-refractivity contribution in [2.75, 3.05) is 0 Å². The minimum absolute atomic E-state index is 0.00165. The first-order chi connectivity index (χ1) is 16.1. The van der Waals surface area contributed by atoms with Crippen LogP contribution < -0.4 is 4.74 Å². The summed E-state index contributed by atoms with van der Waals surface area (Å²) in [4.78, 5) is 28.7. The van der Waals surface area contributed by atoms with Gasteiger partial charge in [-0.25, -0.2) is 23.4 Å². The molecule has 0 aliphatic carbocycles. The third-order valence-corrected chi connectivity index (χ3v) is 5.18. The molecule has 3 aromatic rings. The number of esters is 2. The highest BCUT2D eigenvalue weighted by atomic mass is 19.1. The first-order valence-electron chi connectivity index (χ1n) is 10.5. The third-order valence-electron chi connectivity index (χ3n) is 5.18. The number of hydrogen-bond donors (Lipinski definition) is 0. The van der Waals surface area contributed by atoms with Gasteiger partial charge in [0.15, 0.2) is 5.70 Å². The number of carbonyl (C=O) groups is 2. The van der Waals surface area contributed by atoms with Crippen molar-refractivity contribution < 1.29 is 27.8 Å². The fraction of sp³-hybridized carbons (Fsp3) is 0.148. The number of halogens is 2. The van der Waals surface area contributed by atoms with Crippen LogP contribution in [0.2, 0.25) is 0 Å². The molecule has 0 atom stereocenters. The zero-order valence-electron chi connectivity index (χ0n) is 18.8. The molecule has 0 spiro atoms. The predicted molar refractivity (Wildman–Crippen MR) is 124 cm³/mol. The fourth-order valence-corrected chi connectivity index (χ4v) is 3.29. The van der Waals surface area contributed by atoms with Crippen molar-refractivity contribution in [3.8, 4) is 5.75 Å². The van der Waals surface area contributed by atoms with Crippen molar-refractivity contribution in [1.82, 2.24) is 0 Å². The van der Waals surface area contributed by atoms with Crippen LogP contribution in [0.3, 0.4) is 0 Å². The molecular weight excluding hydrogens is 440 g/mol. The van der Waals surface area contributed by atoms with Crippen LogP contribution in [0.4, 0.5) is 8.78 Å². The van der Waals surface area contributed by atoms with E-state index in [1.54, 1.807) is 12.1 Å². The Bertz CT molecular complexity index is 1300. The van der Waals surface area contributed by atoms with Crippen molar-refractivity contribution in [3.05, 3.63) is 106 Å². The van der Waals surface area contributed by atoms with Gasteiger partial charge in [-0.1, -0.05) is 51.1 Å². The molecule has 3 aromatic carbocycles. The van der Waals surface area contributed by atoms with Crippen molar-refractivity contribution in [2.45, 2.75) is 26.2 Å². The molecule has 1 aliphatic rings. The van der Waals surface area contributed by atoms with Crippen molar-refractivity contribution >= 4 is 23.9 Å². The van der Waals surface area contributed by atoms with Crippen LogP contribution in [-0.2, 0) is 14.9 Å². The van der Waals surface area contributed by atoms with E-state index in [9.17, 15) is 18.4 Å². The summed E-state index contributed by atoms with van der Waals surface area (Å²) in [6, 6.07) is 16.8. The molecule has 0 saturated heterocycles. The Balaban J connectivity index is 1.49. The number of ether oxygens (including phenoxy) is 2. The SMILES string of the molecule is CC(C)(C)c1ccc(C2=N/C(=C/c3ccc(OC(=O)c4c(F)cccc4F)cc3)C(=O)O2)cc1. The first-order valence-corrected chi connectivity index (χ1v) is 10.5. The van der Waals surface area contributed by atoms with E-state index in [0.29, 0.717) is 11.1 Å². The highest BCUT2D eigenvalue weighted by molar-refractivity contribution is 6.12. The summed E-state index contributed by atoms with van der Waals surface area (Å²) in [6.07, 6.45) is 1.53. The molecule has 172 valence electrons. The second-order valence-corrected chi connectivity index (χ2v) is 8.72. The highest BCUT2D eigenvalue weighted by Gasteiger charge is 2.25. The Kier molecular flexibility index (Phi) is 6.11. The van der Waals surface area contributed by atoms with Crippen molar-refractivity contribution in [3.63, 3.8) is 0 Å². The van der Waals surface area contributed by atoms with Crippen LogP contribution in [0, 0.1) is 11.6 Å². The van der Waals surface area contributed by atoms with Gasteiger partial charge in [0.1, 0.15) is 22.9 Å². The monoisotopic (exact) mass is 461 g/mol. The van der Waals surface area contributed by atoms with Crippen LogP contribution in [-0.4, -0.2) is 17.8 Å². The van der Waals surface area contributed by atoms with E-state index in [2.05, 4.69) is 25.8 Å². The summed E-state index contributed by atoms with van der Waals surface area (Å²) in [7, 11) is 0. The van der Waals surface area contributed by atoms with E-state index < -0.39 is 29.1 Å². The molecule has 5 nitrogen and oxygen atoms in total. The summed E-state index contributed by atoms with van der Waals surface area (Å²) in [6.45, 7) is 6.33. The Labute approximate surface area is 195 Å². The lowest BCUT2D eigenvalue weighted by atomic mass is 9.87. The number of nitrogens with zero attached hydrogens (tertiary/aromatic N) is 1. The lowest BCUT2D eigenvalue weighted by Crippen LogP contribution is -2.13. The largest absolute Gasteiger partial charge is 0.423 e. The Morgan fingerprint density at radius 1 is 0.941 bits per heavy atom. The van der Waals surface area contributed by atoms with E-state index in [1.807, 2.05) is 24.3 Å². The fourth-order valence-electron chi connectivity index (χ4n) is 3.29. The molecule has 0 fully saturated rings. The molecule has 0 unspecified atom stereocenters. The van der Waals surface area contributed by atoms with Gasteiger partial charge in [-0.2, -0.15) is 0 Å². The molecule has 0 N–H and O–H groups in total. The predicted octanol–water partition coefficient (Wildman–Crippen LogP) is 5.83. The van der Waals surface area contributed by atoms with E-state index >= 15 is 0 Å². The zero-order chi connectivity index (χ0) is 24.5. The normalized spacial score (nSPS) is 14.7. The van der Waals surface area contributed by atoms with Gasteiger partial charge in [0, 0.05) is 5.56 Å². The summed E-state index contributed by atoms with van der Waals surface area (Å²) >= 11 is 0. The quantitative estimate of drug-likeness (QED) is 0.279. The summed E-state index contributed by atoms with van der Waals surface area (Å²) in [5.41, 5.74) is 1.79. The second kappa shape index (κ2) is 9.02. The maximum Gasteiger partial charge on any atom is 0.363 e. The van der Waals surface area contributed by atoms with Crippen molar-refractivity contribution in [2.24, 2.45) is 4.99 Å². The molecule has 34 heavy (non-hydrogen) atoms. The first kappa shape index (κ1) is 23.0. The van der Waals surface area contributed by atoms with Crippen LogP contribution >= 0.6 is 0 Å². The van der Waals surface area contributed by atoms with Gasteiger partial charge in [-0.3, -0.25) is 0 Å². The third kappa shape index (κ3) is 4.93. The minimum atomic E-state index is -1.15. The van der Waals surface area contributed by atoms with Crippen LogP contribution in [0.5, 0.6) is 5.75 Å². The standard InChI is InChI=1S/C27H21F2NO4/c1-27(2,3)18-11-9-17(10-12-18)24-30-22(25(31)34-24)15-16-7-13-19(14-8-16)33-26(32)23-20(28)5-4-6-21(23)29/h4-15H,1-3H3/b22-15+. The number of rotatable bonds is 4. The Morgan fingerprint density at radius 2 is 1.56 bits per heavy atom. The van der Waals surface area contributed by atoms with Gasteiger partial charge < -0.3 is 9.47 Å². The Hall–Kier alpha value is -4.13. The summed E-state index contributed by atoms with van der Waals surface area (Å²) in [5.74, 6) is -3.44. The average Bonchev–Trinajstić information content (AvgIpc) is 3.14. The number of hydrogen-bond acceptors (Lipinski definition) is 5. The highest BCUT2D eigenvalue weighted by Crippen LogP contribution is 2.25. The molecular formula is C27H21F2NO4. The van der Waals surface area contributed by atoms with E-state index in [1.165, 1.54) is 18.2 Å². The Morgan fingerprint density at radius 3 is 2.15 bits per heavy atom. The van der Waals surface area contributed by atoms with Gasteiger partial charge in [-0.15, -0.1) is 0 Å². The summed E-state index contributed by atoms with van der Waals surface area (Å²) < 4.78 is 37.9. The van der Waals surface area contributed by atoms with E-state index in [-0.39, 0.29) is 22.8 Å². The van der Waals surface area contributed by atoms with Gasteiger partial charge in [0.2, 0.25) is 5.90 Å². The molecule has 1 heterocycles. The van der Waals surface area contributed by atoms with Gasteiger partial charge in [-0.05, 0) is 59.0 Å². The number of aliphatic imine (C=N–C) groups is 1. The maximum atomic E-state index is 13.8. The van der Waals surface area contributed by atoms with E-state index in [0.717, 1.165) is 23.8 Å². The molecule has 0 saturated carbocycles. The molecule has 0 radical (unpaired) electrons. The van der Waals surface area contributed by atoms with Gasteiger partial charge in [0.25, 0.3) is 0 Å². The second-order valence-electron chi connectivity index (χ2n) is 8.72. The van der Waals surface area contributed by atoms with Gasteiger partial charge >= 0.3 is 11.9 Å². The topological polar surface area (TPSA) is 65.0 Å². The van der Waals surface area contributed by atoms with Crippen molar-refractivity contribution in [1.29, 1.82) is 0 Å². The maximum absolute atomic E-state index is 13.8. The molecule has 7 heteroatoms. The minimum Gasteiger partial charge on any atom is -0.423 e. The lowest BCUT2D eigenvalue weighted by Gasteiger charge is -2.18. The van der Waals surface area contributed by atoms with Crippen LogP contribution in [0.25, 0.3) is 6.08 Å². The lowest BCUT2D eigenvalue weighted by molar-refractivity contribution is -0.129. The van der Waals surface area contributed by atoms with Crippen LogP contribution in [0.15, 0.2) is 77.4 Å². The molecule has 0 aromatic heterocycles. The molecule has 4 rings (SSSR count). The van der Waals surface area contributed by atoms with Crippen LogP contribution in [0.1, 0.15) is 47.8 Å². The molecule has 1 aliphatic heterocycles. The molecule has 0 amide bonds. The summed E-state index contributed by atoms with van der Waals surface area (Å²) in [5, 5.41) is 0. The smallest absolute Gasteiger partial charge is 0.363 e. The number of carbonyl (C=O) groups excluding carboxylic acids is 2. The van der Waals surface area contributed by atoms with Gasteiger partial charge in [0.05, 0.1) is 0 Å². The zero-order valence-corrected chi connectivity index (χ0v) is 18.8.